The van der Waals surface area contributed by atoms with Crippen LogP contribution in [-0.4, -0.2) is 35.5 Å². The van der Waals surface area contributed by atoms with E-state index in [0.717, 1.165) is 5.56 Å². The van der Waals surface area contributed by atoms with Crippen molar-refractivity contribution >= 4 is 23.5 Å². The number of amides is 1. The summed E-state index contributed by atoms with van der Waals surface area (Å²) in [5, 5.41) is 9.29. The maximum absolute atomic E-state index is 12.2. The third-order valence-electron chi connectivity index (χ3n) is 2.82. The lowest BCUT2D eigenvalue weighted by Crippen LogP contribution is -2.43. The van der Waals surface area contributed by atoms with Gasteiger partial charge in [0.25, 0.3) is 0 Å². The predicted molar refractivity (Wildman–Crippen MR) is 69.8 cm³/mol. The molecule has 0 atom stereocenters. The lowest BCUT2D eigenvalue weighted by molar-refractivity contribution is -0.145. The Morgan fingerprint density at radius 3 is 2.22 bits per heavy atom. The van der Waals surface area contributed by atoms with E-state index in [1.165, 1.54) is 11.9 Å². The Morgan fingerprint density at radius 1 is 1.28 bits per heavy atom. The van der Waals surface area contributed by atoms with Crippen molar-refractivity contribution in [3.63, 3.8) is 0 Å². The van der Waals surface area contributed by atoms with Crippen LogP contribution in [-0.2, 0) is 15.0 Å². The van der Waals surface area contributed by atoms with Crippen molar-refractivity contribution in [1.82, 2.24) is 4.90 Å². The van der Waals surface area contributed by atoms with E-state index in [9.17, 15) is 9.59 Å². The van der Waals surface area contributed by atoms with Gasteiger partial charge in [0.1, 0.15) is 6.54 Å². The highest BCUT2D eigenvalue weighted by atomic mass is 35.5. The number of nitrogens with zero attached hydrogens (tertiary/aromatic N) is 1. The minimum absolute atomic E-state index is 0.243. The van der Waals surface area contributed by atoms with Crippen LogP contribution in [0.15, 0.2) is 24.3 Å². The van der Waals surface area contributed by atoms with E-state index in [1.807, 2.05) is 0 Å². The molecule has 0 radical (unpaired) electrons. The van der Waals surface area contributed by atoms with Crippen LogP contribution in [0.5, 0.6) is 0 Å². The van der Waals surface area contributed by atoms with Gasteiger partial charge < -0.3 is 10.0 Å². The van der Waals surface area contributed by atoms with Crippen LogP contribution in [0.25, 0.3) is 0 Å². The molecule has 0 aromatic heterocycles. The summed E-state index contributed by atoms with van der Waals surface area (Å²) in [6.45, 7) is 3.21. The van der Waals surface area contributed by atoms with Crippen LogP contribution in [0.2, 0.25) is 5.02 Å². The average Bonchev–Trinajstić information content (AvgIpc) is 2.27. The van der Waals surface area contributed by atoms with Crippen molar-refractivity contribution in [1.29, 1.82) is 0 Å². The number of benzene rings is 1. The minimum atomic E-state index is -1.03. The topological polar surface area (TPSA) is 57.6 Å². The van der Waals surface area contributed by atoms with Gasteiger partial charge in [-0.3, -0.25) is 9.59 Å². The molecule has 5 heteroatoms. The van der Waals surface area contributed by atoms with Gasteiger partial charge in [0.15, 0.2) is 0 Å². The van der Waals surface area contributed by atoms with Crippen LogP contribution in [0.3, 0.4) is 0 Å². The van der Waals surface area contributed by atoms with Gasteiger partial charge in [0, 0.05) is 12.1 Å². The number of carbonyl (C=O) groups is 2. The van der Waals surface area contributed by atoms with Crippen LogP contribution in [0.4, 0.5) is 0 Å². The maximum atomic E-state index is 12.2. The third kappa shape index (κ3) is 3.23. The molecule has 1 aromatic rings. The van der Waals surface area contributed by atoms with E-state index in [1.54, 1.807) is 38.1 Å². The van der Waals surface area contributed by atoms with Crippen molar-refractivity contribution in [3.05, 3.63) is 34.9 Å². The van der Waals surface area contributed by atoms with Gasteiger partial charge in [-0.05, 0) is 31.5 Å². The smallest absolute Gasteiger partial charge is 0.323 e. The van der Waals surface area contributed by atoms with Crippen molar-refractivity contribution in [2.75, 3.05) is 13.6 Å². The number of carboxylic acid groups (broad SMARTS) is 1. The van der Waals surface area contributed by atoms with Gasteiger partial charge in [-0.15, -0.1) is 0 Å². The highest BCUT2D eigenvalue weighted by molar-refractivity contribution is 6.30. The Hall–Kier alpha value is -1.55. The molecule has 0 saturated carbocycles. The summed E-state index contributed by atoms with van der Waals surface area (Å²) in [5.74, 6) is -1.27. The van der Waals surface area contributed by atoms with Gasteiger partial charge in [-0.25, -0.2) is 0 Å². The number of carbonyl (C=O) groups excluding carboxylic acids is 1. The normalized spacial score (nSPS) is 11.1. The lowest BCUT2D eigenvalue weighted by atomic mass is 9.83. The lowest BCUT2D eigenvalue weighted by Gasteiger charge is -2.29. The molecule has 1 aromatic carbocycles. The van der Waals surface area contributed by atoms with Crippen LogP contribution >= 0.6 is 11.6 Å². The molecule has 0 fully saturated rings. The van der Waals surface area contributed by atoms with E-state index in [0.29, 0.717) is 5.02 Å². The predicted octanol–water partition coefficient (Wildman–Crippen LogP) is 2.16. The fourth-order valence-corrected chi connectivity index (χ4v) is 1.87. The zero-order chi connectivity index (χ0) is 13.9. The first-order valence-electron chi connectivity index (χ1n) is 5.48. The summed E-state index contributed by atoms with van der Waals surface area (Å²) in [6.07, 6.45) is 0. The molecule has 18 heavy (non-hydrogen) atoms. The third-order valence-corrected chi connectivity index (χ3v) is 3.07. The summed E-state index contributed by atoms with van der Waals surface area (Å²) >= 11 is 5.80. The van der Waals surface area contributed by atoms with Crippen molar-refractivity contribution in [2.45, 2.75) is 19.3 Å². The first kappa shape index (κ1) is 14.5. The summed E-state index contributed by atoms with van der Waals surface area (Å²) in [7, 11) is 1.48. The SMILES string of the molecule is CN(CC(=O)O)C(=O)C(C)(C)c1ccc(Cl)cc1. The number of likely N-dealkylation sites (N-methyl/N-ethyl adjacent to an activating group) is 1. The maximum Gasteiger partial charge on any atom is 0.323 e. The quantitative estimate of drug-likeness (QED) is 0.911. The molecule has 1 amide bonds. The van der Waals surface area contributed by atoms with E-state index >= 15 is 0 Å². The molecule has 0 heterocycles. The van der Waals surface area contributed by atoms with Crippen molar-refractivity contribution < 1.29 is 14.7 Å². The fourth-order valence-electron chi connectivity index (χ4n) is 1.74. The number of rotatable bonds is 4. The summed E-state index contributed by atoms with van der Waals surface area (Å²) in [6, 6.07) is 6.97. The molecular weight excluding hydrogens is 254 g/mol. The summed E-state index contributed by atoms with van der Waals surface area (Å²) < 4.78 is 0. The Balaban J connectivity index is 2.95. The molecule has 1 N–H and O–H groups in total. The first-order valence-corrected chi connectivity index (χ1v) is 5.86. The number of hydrogen-bond donors (Lipinski definition) is 1. The summed E-state index contributed by atoms with van der Waals surface area (Å²) in [4.78, 5) is 24.0. The molecule has 0 aliphatic heterocycles. The second-order valence-electron chi connectivity index (χ2n) is 4.69. The van der Waals surface area contributed by atoms with Gasteiger partial charge in [0.05, 0.1) is 5.41 Å². The molecule has 0 spiro atoms. The molecule has 0 aliphatic carbocycles. The summed E-state index contributed by atoms with van der Waals surface area (Å²) in [5.41, 5.74) is 0.0172. The van der Waals surface area contributed by atoms with E-state index in [-0.39, 0.29) is 12.5 Å². The van der Waals surface area contributed by atoms with Gasteiger partial charge in [0.2, 0.25) is 5.91 Å². The highest BCUT2D eigenvalue weighted by Gasteiger charge is 2.32. The standard InChI is InChI=1S/C13H16ClNO3/c1-13(2,9-4-6-10(14)7-5-9)12(18)15(3)8-11(16)17/h4-7H,8H2,1-3H3,(H,16,17). The Bertz CT molecular complexity index is 454. The largest absolute Gasteiger partial charge is 0.480 e. The molecule has 0 unspecified atom stereocenters. The average molecular weight is 270 g/mol. The second-order valence-corrected chi connectivity index (χ2v) is 5.12. The zero-order valence-electron chi connectivity index (χ0n) is 10.6. The van der Waals surface area contributed by atoms with Crippen LogP contribution < -0.4 is 0 Å². The van der Waals surface area contributed by atoms with Crippen molar-refractivity contribution in [3.8, 4) is 0 Å². The van der Waals surface area contributed by atoms with Crippen LogP contribution in [0.1, 0.15) is 19.4 Å². The molecular formula is C13H16ClNO3. The molecule has 4 nitrogen and oxygen atoms in total. The fraction of sp³-hybridized carbons (Fsp3) is 0.385. The first-order chi connectivity index (χ1) is 8.25. The number of halogens is 1. The van der Waals surface area contributed by atoms with Crippen LogP contribution in [0, 0.1) is 0 Å². The van der Waals surface area contributed by atoms with Gasteiger partial charge in [-0.2, -0.15) is 0 Å². The molecule has 1 rings (SSSR count). The van der Waals surface area contributed by atoms with Gasteiger partial charge in [-0.1, -0.05) is 23.7 Å². The van der Waals surface area contributed by atoms with E-state index < -0.39 is 11.4 Å². The Morgan fingerprint density at radius 2 is 1.78 bits per heavy atom. The highest BCUT2D eigenvalue weighted by Crippen LogP contribution is 2.26. The Labute approximate surface area is 111 Å². The van der Waals surface area contributed by atoms with E-state index in [2.05, 4.69) is 0 Å². The van der Waals surface area contributed by atoms with Crippen molar-refractivity contribution in [2.24, 2.45) is 0 Å². The zero-order valence-corrected chi connectivity index (χ0v) is 11.4. The Kier molecular flexibility index (Phi) is 4.35. The van der Waals surface area contributed by atoms with E-state index in [4.69, 9.17) is 16.7 Å². The molecule has 0 bridgehead atoms. The monoisotopic (exact) mass is 269 g/mol. The number of carboxylic acids is 1. The second kappa shape index (κ2) is 5.40. The molecule has 98 valence electrons. The minimum Gasteiger partial charge on any atom is -0.480 e. The number of aliphatic carboxylic acids is 1. The molecule has 0 saturated heterocycles. The van der Waals surface area contributed by atoms with Gasteiger partial charge >= 0.3 is 5.97 Å². The molecule has 0 aliphatic rings. The number of hydrogen-bond acceptors (Lipinski definition) is 2.